The van der Waals surface area contributed by atoms with Crippen molar-refractivity contribution in [2.24, 2.45) is 23.7 Å². The second-order valence-electron chi connectivity index (χ2n) is 10.8. The van der Waals surface area contributed by atoms with Crippen LogP contribution >= 0.6 is 0 Å². The van der Waals surface area contributed by atoms with Crippen LogP contribution in [0.4, 0.5) is 0 Å². The molecule has 3 N–H and O–H groups in total. The zero-order valence-corrected chi connectivity index (χ0v) is 19.4. The van der Waals surface area contributed by atoms with Crippen LogP contribution in [0.25, 0.3) is 0 Å². The summed E-state index contributed by atoms with van der Waals surface area (Å²) in [4.78, 5) is 41.8. The Morgan fingerprint density at radius 2 is 1.90 bits per heavy atom. The third kappa shape index (κ3) is 3.06. The number of carbonyl (C=O) groups is 3. The van der Waals surface area contributed by atoms with E-state index in [2.05, 4.69) is 10.6 Å². The summed E-state index contributed by atoms with van der Waals surface area (Å²) in [5.41, 5.74) is -2.40. The average Bonchev–Trinajstić information content (AvgIpc) is 3.11. The van der Waals surface area contributed by atoms with E-state index in [0.717, 1.165) is 0 Å². The van der Waals surface area contributed by atoms with E-state index in [9.17, 15) is 19.5 Å². The van der Waals surface area contributed by atoms with Crippen LogP contribution in [-0.2, 0) is 19.1 Å². The van der Waals surface area contributed by atoms with E-state index in [1.165, 1.54) is 4.90 Å². The van der Waals surface area contributed by atoms with Gasteiger partial charge in [0.15, 0.2) is 0 Å². The predicted molar refractivity (Wildman–Crippen MR) is 111 cm³/mol. The fourth-order valence-electron chi connectivity index (χ4n) is 5.95. The number of ether oxygens (including phenoxy) is 1. The van der Waals surface area contributed by atoms with E-state index in [-0.39, 0.29) is 36.2 Å². The molecule has 3 amide bonds. The number of aliphatic hydroxyl groups excluding tert-OH is 1. The van der Waals surface area contributed by atoms with Crippen molar-refractivity contribution in [3.8, 4) is 0 Å². The van der Waals surface area contributed by atoms with Crippen LogP contribution in [0.3, 0.4) is 0 Å². The normalized spacial score (nSPS) is 38.7. The van der Waals surface area contributed by atoms with Gasteiger partial charge >= 0.3 is 0 Å². The Hall–Kier alpha value is -1.67. The van der Waals surface area contributed by atoms with Gasteiger partial charge in [-0.2, -0.15) is 0 Å². The first kappa shape index (κ1) is 23.0. The first-order valence-electron chi connectivity index (χ1n) is 10.9. The van der Waals surface area contributed by atoms with Crippen LogP contribution in [0.5, 0.6) is 0 Å². The number of aliphatic hydroxyl groups is 1. The predicted octanol–water partition coefficient (Wildman–Crippen LogP) is 0.675. The maximum atomic E-state index is 13.8. The Bertz CT molecular complexity index is 748. The molecule has 3 saturated heterocycles. The highest BCUT2D eigenvalue weighted by Gasteiger charge is 2.80. The molecule has 0 aromatic carbocycles. The van der Waals surface area contributed by atoms with Crippen LogP contribution in [0.1, 0.15) is 54.9 Å². The van der Waals surface area contributed by atoms with E-state index in [1.54, 1.807) is 7.05 Å². The number of carbonyl (C=O) groups excluding carboxylic acids is 3. The molecule has 0 radical (unpaired) electrons. The summed E-state index contributed by atoms with van der Waals surface area (Å²) in [6, 6.07) is -1.43. The van der Waals surface area contributed by atoms with E-state index in [0.29, 0.717) is 6.42 Å². The van der Waals surface area contributed by atoms with Gasteiger partial charge in [-0.05, 0) is 46.0 Å². The quantitative estimate of drug-likeness (QED) is 0.603. The van der Waals surface area contributed by atoms with Crippen molar-refractivity contribution in [2.75, 3.05) is 13.7 Å². The lowest BCUT2D eigenvalue weighted by molar-refractivity contribution is -0.152. The van der Waals surface area contributed by atoms with Gasteiger partial charge in [0.2, 0.25) is 17.7 Å². The maximum Gasteiger partial charge on any atom is 0.246 e. The summed E-state index contributed by atoms with van der Waals surface area (Å²) < 4.78 is 6.58. The van der Waals surface area contributed by atoms with E-state index >= 15 is 0 Å². The molecule has 8 heteroatoms. The molecule has 2 bridgehead atoms. The molecular formula is C22H37N3O5. The van der Waals surface area contributed by atoms with Crippen LogP contribution in [-0.4, -0.2) is 70.2 Å². The maximum absolute atomic E-state index is 13.8. The minimum Gasteiger partial charge on any atom is -0.394 e. The van der Waals surface area contributed by atoms with Crippen molar-refractivity contribution in [1.82, 2.24) is 15.5 Å². The fraction of sp³-hybridized carbons (Fsp3) is 0.864. The molecule has 1 spiro atoms. The van der Waals surface area contributed by atoms with Gasteiger partial charge in [0, 0.05) is 12.6 Å². The molecule has 0 aromatic rings. The second kappa shape index (κ2) is 7.19. The Labute approximate surface area is 179 Å². The summed E-state index contributed by atoms with van der Waals surface area (Å²) in [5.74, 6) is -2.32. The van der Waals surface area contributed by atoms with Crippen LogP contribution in [0.15, 0.2) is 0 Å². The lowest BCUT2D eigenvalue weighted by atomic mass is 9.62. The number of rotatable bonds is 5. The molecule has 0 aliphatic carbocycles. The summed E-state index contributed by atoms with van der Waals surface area (Å²) in [6.07, 6.45) is 0.516. The zero-order valence-electron chi connectivity index (χ0n) is 19.4. The Kier molecular flexibility index (Phi) is 5.51. The third-order valence-electron chi connectivity index (χ3n) is 7.34. The molecule has 3 aliphatic rings. The lowest BCUT2D eigenvalue weighted by Crippen LogP contribution is -2.61. The van der Waals surface area contributed by atoms with Gasteiger partial charge in [-0.3, -0.25) is 14.4 Å². The van der Waals surface area contributed by atoms with Gasteiger partial charge in [-0.15, -0.1) is 0 Å². The van der Waals surface area contributed by atoms with Crippen molar-refractivity contribution in [2.45, 2.75) is 83.7 Å². The molecular weight excluding hydrogens is 386 g/mol. The van der Waals surface area contributed by atoms with Crippen molar-refractivity contribution in [3.05, 3.63) is 0 Å². The molecule has 30 heavy (non-hydrogen) atoms. The number of amides is 3. The smallest absolute Gasteiger partial charge is 0.246 e. The molecule has 0 saturated carbocycles. The molecule has 3 heterocycles. The Morgan fingerprint density at radius 1 is 1.30 bits per heavy atom. The van der Waals surface area contributed by atoms with Gasteiger partial charge < -0.3 is 25.4 Å². The minimum absolute atomic E-state index is 0.000336. The first-order chi connectivity index (χ1) is 13.7. The second-order valence-corrected chi connectivity index (χ2v) is 10.8. The van der Waals surface area contributed by atoms with Crippen molar-refractivity contribution >= 4 is 17.7 Å². The number of nitrogens with zero attached hydrogens (tertiary/aromatic N) is 1. The summed E-state index contributed by atoms with van der Waals surface area (Å²) in [5, 5.41) is 15.8. The van der Waals surface area contributed by atoms with Crippen LogP contribution < -0.4 is 10.6 Å². The summed E-state index contributed by atoms with van der Waals surface area (Å²) >= 11 is 0. The SMILES string of the molecule is CNC(=O)[C@H]1[C@H]2C(=O)N([C@@H](CO)C(C)C)C(C(=O)NC(C)(C)C)C23CC(C)[C@]1(C)O3. The van der Waals surface area contributed by atoms with Crippen LogP contribution in [0.2, 0.25) is 0 Å². The van der Waals surface area contributed by atoms with Gasteiger partial charge in [0.25, 0.3) is 0 Å². The molecule has 3 aliphatic heterocycles. The van der Waals surface area contributed by atoms with Crippen molar-refractivity contribution in [3.63, 3.8) is 0 Å². The number of hydrogen-bond acceptors (Lipinski definition) is 5. The Morgan fingerprint density at radius 3 is 2.37 bits per heavy atom. The molecule has 170 valence electrons. The summed E-state index contributed by atoms with van der Waals surface area (Å²) in [6.45, 7) is 13.1. The average molecular weight is 424 g/mol. The topological polar surface area (TPSA) is 108 Å². The molecule has 7 atom stereocenters. The van der Waals surface area contributed by atoms with E-state index in [1.807, 2.05) is 48.5 Å². The molecule has 3 unspecified atom stereocenters. The lowest BCUT2D eigenvalue weighted by Gasteiger charge is -2.39. The van der Waals surface area contributed by atoms with Crippen molar-refractivity contribution < 1.29 is 24.2 Å². The van der Waals surface area contributed by atoms with E-state index in [4.69, 9.17) is 4.74 Å². The van der Waals surface area contributed by atoms with Gasteiger partial charge in [0.1, 0.15) is 11.6 Å². The summed E-state index contributed by atoms with van der Waals surface area (Å²) in [7, 11) is 1.56. The Balaban J connectivity index is 2.17. The molecule has 8 nitrogen and oxygen atoms in total. The number of likely N-dealkylation sites (tertiary alicyclic amines) is 1. The highest BCUT2D eigenvalue weighted by atomic mass is 16.5. The van der Waals surface area contributed by atoms with Crippen LogP contribution in [0, 0.1) is 23.7 Å². The molecule has 0 aromatic heterocycles. The van der Waals surface area contributed by atoms with E-state index < -0.39 is 40.7 Å². The zero-order chi connectivity index (χ0) is 22.8. The number of fused-ring (bicyclic) bond motifs is 1. The first-order valence-corrected chi connectivity index (χ1v) is 10.9. The van der Waals surface area contributed by atoms with Gasteiger partial charge in [0.05, 0.1) is 30.1 Å². The van der Waals surface area contributed by atoms with Gasteiger partial charge in [-0.25, -0.2) is 0 Å². The fourth-order valence-corrected chi connectivity index (χ4v) is 5.95. The molecule has 3 rings (SSSR count). The molecule has 3 fully saturated rings. The van der Waals surface area contributed by atoms with Gasteiger partial charge in [-0.1, -0.05) is 20.8 Å². The highest BCUT2D eigenvalue weighted by Crippen LogP contribution is 2.65. The van der Waals surface area contributed by atoms with Crippen molar-refractivity contribution in [1.29, 1.82) is 0 Å². The number of hydrogen-bond donors (Lipinski definition) is 3. The standard InChI is InChI=1S/C22H37N3O5/c1-11(2)13(10-26)25-16(18(28)24-20(4,5)6)22-9-12(3)21(7,30-22)14(17(27)23-8)15(22)19(25)29/h11-16,26H,9-10H2,1-8H3,(H,23,27)(H,24,28)/t12?,13-,14+,15-,16?,21-,22?/m0/s1. The highest BCUT2D eigenvalue weighted by molar-refractivity contribution is 5.99. The monoisotopic (exact) mass is 423 g/mol. The largest absolute Gasteiger partial charge is 0.394 e. The minimum atomic E-state index is -1.08. The number of nitrogens with one attached hydrogen (secondary N) is 2. The third-order valence-corrected chi connectivity index (χ3v) is 7.34.